The molecular formula is C14H16N2O6S. The van der Waals surface area contributed by atoms with Crippen LogP contribution in [0.4, 0.5) is 5.69 Å². The fraction of sp³-hybridized carbons (Fsp3) is 0.429. The van der Waals surface area contributed by atoms with Gasteiger partial charge in [0.15, 0.2) is 0 Å². The number of nitrogens with zero attached hydrogens (tertiary/aromatic N) is 1. The van der Waals surface area contributed by atoms with Crippen molar-refractivity contribution in [3.63, 3.8) is 0 Å². The zero-order valence-electron chi connectivity index (χ0n) is 12.4. The Morgan fingerprint density at radius 3 is 2.78 bits per heavy atom. The van der Waals surface area contributed by atoms with E-state index in [1.165, 1.54) is 30.0 Å². The molecule has 1 aromatic carbocycles. The van der Waals surface area contributed by atoms with Crippen molar-refractivity contribution in [3.05, 3.63) is 33.9 Å². The Balaban J connectivity index is 2.24. The van der Waals surface area contributed by atoms with E-state index in [0.717, 1.165) is 0 Å². The Labute approximate surface area is 136 Å². The highest BCUT2D eigenvalue weighted by atomic mass is 32.2. The summed E-state index contributed by atoms with van der Waals surface area (Å²) in [5.41, 5.74) is -1.01. The molecule has 0 radical (unpaired) electrons. The largest absolute Gasteiger partial charge is 0.481 e. The number of hydrogen-bond acceptors (Lipinski definition) is 6. The number of amides is 1. The van der Waals surface area contributed by atoms with Gasteiger partial charge in [0.05, 0.1) is 28.4 Å². The topological polar surface area (TPSA) is 119 Å². The first-order chi connectivity index (χ1) is 10.9. The molecule has 1 aliphatic rings. The van der Waals surface area contributed by atoms with Crippen molar-refractivity contribution in [2.45, 2.75) is 23.3 Å². The van der Waals surface area contributed by atoms with Gasteiger partial charge in [-0.25, -0.2) is 0 Å². The number of carboxylic acid groups (broad SMARTS) is 1. The molecule has 8 nitrogen and oxygen atoms in total. The third kappa shape index (κ3) is 3.99. The number of carboxylic acids is 1. The molecule has 1 aromatic rings. The van der Waals surface area contributed by atoms with Gasteiger partial charge in [-0.1, -0.05) is 0 Å². The van der Waals surface area contributed by atoms with E-state index >= 15 is 0 Å². The first kappa shape index (κ1) is 17.2. The van der Waals surface area contributed by atoms with E-state index in [1.54, 1.807) is 6.26 Å². The van der Waals surface area contributed by atoms with Crippen molar-refractivity contribution in [1.82, 2.24) is 5.32 Å². The normalized spacial score (nSPS) is 20.2. The van der Waals surface area contributed by atoms with Crippen molar-refractivity contribution >= 4 is 29.3 Å². The zero-order chi connectivity index (χ0) is 17.0. The summed E-state index contributed by atoms with van der Waals surface area (Å²) < 4.78 is 5.21. The highest BCUT2D eigenvalue weighted by Gasteiger charge is 2.39. The van der Waals surface area contributed by atoms with Crippen LogP contribution < -0.4 is 5.32 Å². The fourth-order valence-corrected chi connectivity index (χ4v) is 3.01. The molecule has 0 aromatic heterocycles. The molecule has 0 saturated carbocycles. The molecule has 1 atom stereocenters. The van der Waals surface area contributed by atoms with E-state index in [0.29, 0.717) is 17.9 Å². The lowest BCUT2D eigenvalue weighted by Crippen LogP contribution is -2.50. The van der Waals surface area contributed by atoms with Crippen LogP contribution in [0.3, 0.4) is 0 Å². The lowest BCUT2D eigenvalue weighted by atomic mass is 9.93. The van der Waals surface area contributed by atoms with Crippen molar-refractivity contribution in [2.24, 2.45) is 0 Å². The standard InChI is InChI=1S/C14H16N2O6S/c1-23-11-3-2-9(6-10(11)16(20)21)13(19)15-14(7-12(17)18)4-5-22-8-14/h2-3,6H,4-5,7-8H2,1H3,(H,15,19)(H,17,18). The third-order valence-electron chi connectivity index (χ3n) is 3.61. The van der Waals surface area contributed by atoms with Crippen LogP contribution in [0.25, 0.3) is 0 Å². The minimum absolute atomic E-state index is 0.107. The van der Waals surface area contributed by atoms with Gasteiger partial charge in [0.1, 0.15) is 0 Å². The number of hydrogen-bond donors (Lipinski definition) is 2. The molecule has 2 N–H and O–H groups in total. The summed E-state index contributed by atoms with van der Waals surface area (Å²) >= 11 is 1.21. The predicted octanol–water partition coefficient (Wildman–Crippen LogP) is 1.68. The molecule has 1 fully saturated rings. The Kier molecular flexibility index (Phi) is 5.22. The molecule has 0 aliphatic carbocycles. The number of benzene rings is 1. The van der Waals surface area contributed by atoms with Crippen LogP contribution in [-0.2, 0) is 9.53 Å². The number of thioether (sulfide) groups is 1. The second-order valence-corrected chi connectivity index (χ2v) is 6.10. The summed E-state index contributed by atoms with van der Waals surface area (Å²) in [5, 5.41) is 22.7. The molecule has 1 aliphatic heterocycles. The molecule has 124 valence electrons. The fourth-order valence-electron chi connectivity index (χ4n) is 2.47. The van der Waals surface area contributed by atoms with E-state index < -0.39 is 22.3 Å². The van der Waals surface area contributed by atoms with Crippen LogP contribution in [-0.4, -0.2) is 46.9 Å². The van der Waals surface area contributed by atoms with Gasteiger partial charge in [-0.3, -0.25) is 19.7 Å². The number of carbonyl (C=O) groups excluding carboxylic acids is 1. The maximum absolute atomic E-state index is 12.4. The van der Waals surface area contributed by atoms with Crippen LogP contribution in [0.15, 0.2) is 23.1 Å². The first-order valence-electron chi connectivity index (χ1n) is 6.81. The van der Waals surface area contributed by atoms with Crippen LogP contribution in [0.2, 0.25) is 0 Å². The smallest absolute Gasteiger partial charge is 0.305 e. The van der Waals surface area contributed by atoms with E-state index in [1.807, 2.05) is 0 Å². The Morgan fingerprint density at radius 1 is 1.52 bits per heavy atom. The lowest BCUT2D eigenvalue weighted by Gasteiger charge is -2.27. The van der Waals surface area contributed by atoms with E-state index in [9.17, 15) is 19.7 Å². The summed E-state index contributed by atoms with van der Waals surface area (Å²) in [5.74, 6) is -1.59. The summed E-state index contributed by atoms with van der Waals surface area (Å²) in [7, 11) is 0. The Morgan fingerprint density at radius 2 is 2.26 bits per heavy atom. The van der Waals surface area contributed by atoms with Crippen LogP contribution in [0.5, 0.6) is 0 Å². The number of ether oxygens (including phenoxy) is 1. The lowest BCUT2D eigenvalue weighted by molar-refractivity contribution is -0.387. The predicted molar refractivity (Wildman–Crippen MR) is 82.8 cm³/mol. The molecule has 1 saturated heterocycles. The van der Waals surface area contributed by atoms with Crippen LogP contribution in [0, 0.1) is 10.1 Å². The van der Waals surface area contributed by atoms with Gasteiger partial charge >= 0.3 is 5.97 Å². The third-order valence-corrected chi connectivity index (χ3v) is 4.39. The van der Waals surface area contributed by atoms with Crippen molar-refractivity contribution in [3.8, 4) is 0 Å². The average molecular weight is 340 g/mol. The molecule has 0 bridgehead atoms. The highest BCUT2D eigenvalue weighted by Crippen LogP contribution is 2.29. The monoisotopic (exact) mass is 340 g/mol. The quantitative estimate of drug-likeness (QED) is 0.459. The molecule has 1 unspecified atom stereocenters. The van der Waals surface area contributed by atoms with Gasteiger partial charge in [0, 0.05) is 18.2 Å². The number of carbonyl (C=O) groups is 2. The van der Waals surface area contributed by atoms with E-state index in [4.69, 9.17) is 9.84 Å². The van der Waals surface area contributed by atoms with Crippen molar-refractivity contribution in [1.29, 1.82) is 0 Å². The number of aliphatic carboxylic acids is 1. The molecule has 1 amide bonds. The first-order valence-corrected chi connectivity index (χ1v) is 8.04. The molecule has 0 spiro atoms. The number of nitrogens with one attached hydrogen (secondary N) is 1. The average Bonchev–Trinajstić information content (AvgIpc) is 2.93. The summed E-state index contributed by atoms with van der Waals surface area (Å²) in [6, 6.07) is 4.19. The van der Waals surface area contributed by atoms with Crippen LogP contribution in [0.1, 0.15) is 23.2 Å². The van der Waals surface area contributed by atoms with Gasteiger partial charge in [0.25, 0.3) is 11.6 Å². The second kappa shape index (κ2) is 6.97. The molecule has 23 heavy (non-hydrogen) atoms. The molecular weight excluding hydrogens is 324 g/mol. The zero-order valence-corrected chi connectivity index (χ0v) is 13.2. The minimum Gasteiger partial charge on any atom is -0.481 e. The van der Waals surface area contributed by atoms with E-state index in [2.05, 4.69) is 5.32 Å². The maximum atomic E-state index is 12.4. The van der Waals surface area contributed by atoms with Gasteiger partial charge < -0.3 is 15.2 Å². The Hall–Kier alpha value is -2.13. The minimum atomic E-state index is -1.04. The highest BCUT2D eigenvalue weighted by molar-refractivity contribution is 7.98. The summed E-state index contributed by atoms with van der Waals surface area (Å²) in [4.78, 5) is 34.4. The van der Waals surface area contributed by atoms with Crippen molar-refractivity contribution < 1.29 is 24.4 Å². The number of nitro benzene ring substituents is 1. The summed E-state index contributed by atoms with van der Waals surface area (Å²) in [6.07, 6.45) is 1.83. The van der Waals surface area contributed by atoms with Crippen molar-refractivity contribution in [2.75, 3.05) is 19.5 Å². The van der Waals surface area contributed by atoms with Gasteiger partial charge in [0.2, 0.25) is 0 Å². The Bertz CT molecular complexity index is 642. The van der Waals surface area contributed by atoms with Crippen LogP contribution >= 0.6 is 11.8 Å². The van der Waals surface area contributed by atoms with Gasteiger partial charge in [-0.15, -0.1) is 11.8 Å². The number of nitro groups is 1. The van der Waals surface area contributed by atoms with Gasteiger partial charge in [-0.05, 0) is 24.8 Å². The second-order valence-electron chi connectivity index (χ2n) is 5.25. The molecule has 1 heterocycles. The molecule has 2 rings (SSSR count). The van der Waals surface area contributed by atoms with E-state index in [-0.39, 0.29) is 24.3 Å². The summed E-state index contributed by atoms with van der Waals surface area (Å²) in [6.45, 7) is 0.467. The molecule has 9 heteroatoms. The SMILES string of the molecule is CSc1ccc(C(=O)NC2(CC(=O)O)CCOC2)cc1[N+](=O)[O-]. The maximum Gasteiger partial charge on any atom is 0.305 e. The van der Waals surface area contributed by atoms with Gasteiger partial charge in [-0.2, -0.15) is 0 Å². The number of rotatable bonds is 6.